The van der Waals surface area contributed by atoms with Crippen molar-refractivity contribution < 1.29 is 14.0 Å². The van der Waals surface area contributed by atoms with Crippen molar-refractivity contribution in [2.75, 3.05) is 0 Å². The molecule has 2 amide bonds. The minimum Gasteiger partial charge on any atom is -0.354 e. The van der Waals surface area contributed by atoms with Gasteiger partial charge in [-0.1, -0.05) is 23.2 Å². The van der Waals surface area contributed by atoms with Crippen molar-refractivity contribution in [3.8, 4) is 0 Å². The van der Waals surface area contributed by atoms with E-state index in [1.807, 2.05) is 0 Å². The summed E-state index contributed by atoms with van der Waals surface area (Å²) in [5.74, 6) is 0.780. The Morgan fingerprint density at radius 3 is 2.50 bits per heavy atom. The summed E-state index contributed by atoms with van der Waals surface area (Å²) < 4.78 is 14.7. The van der Waals surface area contributed by atoms with E-state index in [1.165, 1.54) is 25.5 Å². The number of fused-ring (bicyclic) bond motifs is 1. The molecule has 152 valence electrons. The lowest BCUT2D eigenvalue weighted by Crippen LogP contribution is -2.38. The Bertz CT molecular complexity index is 793. The third-order valence-electron chi connectivity index (χ3n) is 6.65. The fraction of sp³-hybridized carbons (Fsp3) is 0.619. The highest BCUT2D eigenvalue weighted by molar-refractivity contribution is 6.42. The zero-order valence-electron chi connectivity index (χ0n) is 15.8. The van der Waals surface area contributed by atoms with E-state index < -0.39 is 11.9 Å². The van der Waals surface area contributed by atoms with Gasteiger partial charge in [-0.05, 0) is 68.4 Å². The second-order valence-electron chi connectivity index (χ2n) is 8.64. The smallest absolute Gasteiger partial charge is 0.223 e. The molecule has 0 spiro atoms. The Morgan fingerprint density at radius 2 is 1.82 bits per heavy atom. The lowest BCUT2D eigenvalue weighted by molar-refractivity contribution is -0.126. The van der Waals surface area contributed by atoms with E-state index in [4.69, 9.17) is 23.2 Å². The molecule has 3 saturated carbocycles. The van der Waals surface area contributed by atoms with Crippen LogP contribution in [0.4, 0.5) is 4.39 Å². The van der Waals surface area contributed by atoms with Gasteiger partial charge in [0.15, 0.2) is 0 Å². The first kappa shape index (κ1) is 20.0. The van der Waals surface area contributed by atoms with Gasteiger partial charge < -0.3 is 10.6 Å². The number of halogens is 3. The number of nitrogens with one attached hydrogen (secondary N) is 2. The molecule has 1 aromatic carbocycles. The number of rotatable bonds is 5. The van der Waals surface area contributed by atoms with Crippen molar-refractivity contribution in [3.05, 3.63) is 33.6 Å². The molecule has 0 bridgehead atoms. The van der Waals surface area contributed by atoms with Crippen LogP contribution >= 0.6 is 23.2 Å². The number of carbonyl (C=O) groups excluding carboxylic acids is 2. The summed E-state index contributed by atoms with van der Waals surface area (Å²) in [4.78, 5) is 24.3. The van der Waals surface area contributed by atoms with Gasteiger partial charge in [-0.25, -0.2) is 4.39 Å². The molecule has 4 nitrogen and oxygen atoms in total. The van der Waals surface area contributed by atoms with Crippen molar-refractivity contribution in [1.29, 1.82) is 0 Å². The predicted molar refractivity (Wildman–Crippen MR) is 107 cm³/mol. The Labute approximate surface area is 174 Å². The third kappa shape index (κ3) is 4.02. The van der Waals surface area contributed by atoms with Gasteiger partial charge in [0.05, 0.1) is 16.1 Å². The van der Waals surface area contributed by atoms with Crippen LogP contribution in [0.1, 0.15) is 57.1 Å². The lowest BCUT2D eigenvalue weighted by Gasteiger charge is -2.29. The van der Waals surface area contributed by atoms with Gasteiger partial charge in [0.2, 0.25) is 11.8 Å². The Balaban J connectivity index is 1.53. The first-order valence-corrected chi connectivity index (χ1v) is 10.8. The zero-order chi connectivity index (χ0) is 20.0. The molecule has 6 atom stereocenters. The van der Waals surface area contributed by atoms with Gasteiger partial charge in [0.25, 0.3) is 0 Å². The van der Waals surface area contributed by atoms with Crippen LogP contribution in [0.15, 0.2) is 12.1 Å². The Hall–Kier alpha value is -1.33. The molecular weight excluding hydrogens is 402 g/mol. The topological polar surface area (TPSA) is 58.2 Å². The van der Waals surface area contributed by atoms with Crippen LogP contribution in [-0.2, 0) is 9.59 Å². The number of hydrogen-bond donors (Lipinski definition) is 2. The van der Waals surface area contributed by atoms with Crippen LogP contribution in [0, 0.1) is 29.5 Å². The number of benzene rings is 1. The maximum atomic E-state index is 14.7. The molecular formula is C21H25Cl2FN2O2. The second-order valence-corrected chi connectivity index (χ2v) is 9.42. The molecule has 0 saturated heterocycles. The first-order chi connectivity index (χ1) is 13.3. The van der Waals surface area contributed by atoms with Crippen molar-refractivity contribution in [3.63, 3.8) is 0 Å². The standard InChI is InChI=1S/C21H25Cl2FN2O2/c1-10(27)25-15-3-2-11(9-15)21(28)26-20(14-7-12-6-13(12)8-14)18-17(24)5-4-16(22)19(18)23/h4-5,11-15,20H,2-3,6-9H2,1H3,(H,25,27)(H,26,28)/t11-,12-,13+,14?,15+,20+/m1/s1. The first-order valence-electron chi connectivity index (χ1n) is 10.0. The molecule has 3 aliphatic carbocycles. The maximum Gasteiger partial charge on any atom is 0.223 e. The summed E-state index contributed by atoms with van der Waals surface area (Å²) >= 11 is 12.5. The molecule has 3 aliphatic rings. The number of hydrogen-bond acceptors (Lipinski definition) is 2. The van der Waals surface area contributed by atoms with E-state index in [9.17, 15) is 14.0 Å². The Morgan fingerprint density at radius 1 is 1.11 bits per heavy atom. The number of amides is 2. The van der Waals surface area contributed by atoms with Gasteiger partial charge in [-0.3, -0.25) is 9.59 Å². The largest absolute Gasteiger partial charge is 0.354 e. The molecule has 0 radical (unpaired) electrons. The molecule has 4 rings (SSSR count). The third-order valence-corrected chi connectivity index (χ3v) is 7.47. The fourth-order valence-corrected chi connectivity index (χ4v) is 5.63. The van der Waals surface area contributed by atoms with Crippen molar-refractivity contribution >= 4 is 35.0 Å². The summed E-state index contributed by atoms with van der Waals surface area (Å²) in [6, 6.07) is 2.33. The highest BCUT2D eigenvalue weighted by atomic mass is 35.5. The Kier molecular flexibility index (Phi) is 5.58. The van der Waals surface area contributed by atoms with Crippen LogP contribution in [0.25, 0.3) is 0 Å². The monoisotopic (exact) mass is 426 g/mol. The average molecular weight is 427 g/mol. The molecule has 1 unspecified atom stereocenters. The quantitative estimate of drug-likeness (QED) is 0.673. The van der Waals surface area contributed by atoms with E-state index in [0.717, 1.165) is 19.3 Å². The average Bonchev–Trinajstić information content (AvgIpc) is 3.04. The van der Waals surface area contributed by atoms with Gasteiger partial charge in [-0.2, -0.15) is 0 Å². The van der Waals surface area contributed by atoms with Gasteiger partial charge in [0, 0.05) is 24.4 Å². The second kappa shape index (κ2) is 7.83. The van der Waals surface area contributed by atoms with E-state index >= 15 is 0 Å². The molecule has 7 heteroatoms. The predicted octanol–water partition coefficient (Wildman–Crippen LogP) is 4.64. The normalized spacial score (nSPS) is 31.9. The van der Waals surface area contributed by atoms with Crippen LogP contribution in [0.2, 0.25) is 10.0 Å². The molecule has 0 aliphatic heterocycles. The van der Waals surface area contributed by atoms with Crippen molar-refractivity contribution in [2.45, 2.75) is 57.5 Å². The maximum absolute atomic E-state index is 14.7. The van der Waals surface area contributed by atoms with Gasteiger partial charge in [-0.15, -0.1) is 0 Å². The summed E-state index contributed by atoms with van der Waals surface area (Å²) in [5, 5.41) is 6.48. The van der Waals surface area contributed by atoms with Crippen LogP contribution < -0.4 is 10.6 Å². The molecule has 0 aromatic heterocycles. The summed E-state index contributed by atoms with van der Waals surface area (Å²) in [6.45, 7) is 1.48. The van der Waals surface area contributed by atoms with Crippen LogP contribution in [0.5, 0.6) is 0 Å². The lowest BCUT2D eigenvalue weighted by atomic mass is 9.88. The van der Waals surface area contributed by atoms with Crippen molar-refractivity contribution in [1.82, 2.24) is 10.6 Å². The highest BCUT2D eigenvalue weighted by Gasteiger charge is 2.49. The SMILES string of the molecule is CC(=O)N[C@H]1CC[C@@H](C(=O)N[C@H](c2c(F)ccc(Cl)c2Cl)C2C[C@@H]3C[C@@H]3C2)C1. The summed E-state index contributed by atoms with van der Waals surface area (Å²) in [5.41, 5.74) is 0.310. The minimum atomic E-state index is -0.466. The van der Waals surface area contributed by atoms with Crippen LogP contribution in [-0.4, -0.2) is 17.9 Å². The van der Waals surface area contributed by atoms with E-state index in [1.54, 1.807) is 0 Å². The zero-order valence-corrected chi connectivity index (χ0v) is 17.3. The van der Waals surface area contributed by atoms with Crippen molar-refractivity contribution in [2.24, 2.45) is 23.7 Å². The van der Waals surface area contributed by atoms with Gasteiger partial charge in [0.1, 0.15) is 5.82 Å². The summed E-state index contributed by atoms with van der Waals surface area (Å²) in [7, 11) is 0. The molecule has 2 N–H and O–H groups in total. The highest BCUT2D eigenvalue weighted by Crippen LogP contribution is 2.57. The van der Waals surface area contributed by atoms with Crippen LogP contribution in [0.3, 0.4) is 0 Å². The van der Waals surface area contributed by atoms with E-state index in [0.29, 0.717) is 35.3 Å². The van der Waals surface area contributed by atoms with E-state index in [-0.39, 0.29) is 34.7 Å². The molecule has 28 heavy (non-hydrogen) atoms. The minimum absolute atomic E-state index is 0.0253. The molecule has 0 heterocycles. The summed E-state index contributed by atoms with van der Waals surface area (Å²) in [6.07, 6.45) is 5.31. The molecule has 3 fully saturated rings. The molecule has 1 aromatic rings. The van der Waals surface area contributed by atoms with Gasteiger partial charge >= 0.3 is 0 Å². The van der Waals surface area contributed by atoms with E-state index in [2.05, 4.69) is 10.6 Å². The number of carbonyl (C=O) groups is 2. The fourth-order valence-electron chi connectivity index (χ4n) is 5.20.